The molecule has 0 bridgehead atoms. The summed E-state index contributed by atoms with van der Waals surface area (Å²) in [5.41, 5.74) is 2.26. The lowest BCUT2D eigenvalue weighted by Gasteiger charge is -2.16. The Balaban J connectivity index is 1.51. The van der Waals surface area contributed by atoms with E-state index in [0.29, 0.717) is 17.1 Å². The standard InChI is InChI=1S/C23H22BrN3O3/c1-16(17-7-5-8-18(24)13-17)25-23(29)27-20-11-6-12-21(14-20)30-15-22(28)26-19-9-3-2-4-10-19/h2-14,16H,15H2,1H3,(H,26,28)(H2,25,27,29). The zero-order valence-electron chi connectivity index (χ0n) is 16.4. The number of halogens is 1. The third-order valence-electron chi connectivity index (χ3n) is 4.22. The summed E-state index contributed by atoms with van der Waals surface area (Å²) >= 11 is 3.43. The first-order valence-electron chi connectivity index (χ1n) is 9.40. The van der Waals surface area contributed by atoms with Crippen LogP contribution in [0.1, 0.15) is 18.5 Å². The van der Waals surface area contributed by atoms with Gasteiger partial charge in [-0.3, -0.25) is 4.79 Å². The summed E-state index contributed by atoms with van der Waals surface area (Å²) in [5.74, 6) is 0.219. The molecule has 0 radical (unpaired) electrons. The predicted octanol–water partition coefficient (Wildman–Crippen LogP) is 5.35. The van der Waals surface area contributed by atoms with E-state index < -0.39 is 0 Å². The van der Waals surface area contributed by atoms with Crippen molar-refractivity contribution in [3.8, 4) is 5.75 Å². The molecule has 0 aliphatic heterocycles. The zero-order chi connectivity index (χ0) is 21.3. The topological polar surface area (TPSA) is 79.5 Å². The van der Waals surface area contributed by atoms with Crippen molar-refractivity contribution in [1.82, 2.24) is 5.32 Å². The van der Waals surface area contributed by atoms with Crippen LogP contribution in [0.5, 0.6) is 5.75 Å². The second-order valence-corrected chi connectivity index (χ2v) is 7.52. The normalized spacial score (nSPS) is 11.3. The molecule has 7 heteroatoms. The summed E-state index contributed by atoms with van der Waals surface area (Å²) in [6, 6.07) is 23.3. The van der Waals surface area contributed by atoms with Gasteiger partial charge in [-0.25, -0.2) is 4.79 Å². The summed E-state index contributed by atoms with van der Waals surface area (Å²) < 4.78 is 6.49. The first-order valence-corrected chi connectivity index (χ1v) is 10.2. The largest absolute Gasteiger partial charge is 0.484 e. The predicted molar refractivity (Wildman–Crippen MR) is 122 cm³/mol. The lowest BCUT2D eigenvalue weighted by atomic mass is 10.1. The van der Waals surface area contributed by atoms with Crippen molar-refractivity contribution in [3.05, 3.63) is 88.9 Å². The molecule has 0 aliphatic carbocycles. The van der Waals surface area contributed by atoms with Gasteiger partial charge in [-0.05, 0) is 48.9 Å². The fraction of sp³-hybridized carbons (Fsp3) is 0.130. The molecule has 1 atom stereocenters. The van der Waals surface area contributed by atoms with Crippen LogP contribution in [-0.4, -0.2) is 18.5 Å². The molecule has 0 aromatic heterocycles. The number of carbonyl (C=O) groups excluding carboxylic acids is 2. The minimum absolute atomic E-state index is 0.134. The van der Waals surface area contributed by atoms with Gasteiger partial charge in [-0.2, -0.15) is 0 Å². The highest BCUT2D eigenvalue weighted by molar-refractivity contribution is 9.10. The average Bonchev–Trinajstić information content (AvgIpc) is 2.73. The number of carbonyl (C=O) groups is 2. The van der Waals surface area contributed by atoms with Crippen LogP contribution in [0.4, 0.5) is 16.2 Å². The Hall–Kier alpha value is -3.32. The van der Waals surface area contributed by atoms with Crippen LogP contribution in [0.15, 0.2) is 83.3 Å². The van der Waals surface area contributed by atoms with Crippen LogP contribution in [0.3, 0.4) is 0 Å². The summed E-state index contributed by atoms with van der Waals surface area (Å²) in [6.07, 6.45) is 0. The molecule has 3 amide bonds. The van der Waals surface area contributed by atoms with Gasteiger partial charge in [0.2, 0.25) is 0 Å². The quantitative estimate of drug-likeness (QED) is 0.438. The highest BCUT2D eigenvalue weighted by Gasteiger charge is 2.10. The van der Waals surface area contributed by atoms with Crippen LogP contribution in [0, 0.1) is 0 Å². The molecule has 1 unspecified atom stereocenters. The van der Waals surface area contributed by atoms with E-state index in [9.17, 15) is 9.59 Å². The molecule has 0 saturated heterocycles. The highest BCUT2D eigenvalue weighted by atomic mass is 79.9. The van der Waals surface area contributed by atoms with Crippen LogP contribution in [0.25, 0.3) is 0 Å². The van der Waals surface area contributed by atoms with E-state index in [-0.39, 0.29) is 24.6 Å². The molecule has 0 heterocycles. The monoisotopic (exact) mass is 467 g/mol. The van der Waals surface area contributed by atoms with Gasteiger partial charge in [0.15, 0.2) is 6.61 Å². The van der Waals surface area contributed by atoms with Gasteiger partial charge < -0.3 is 20.7 Å². The Bertz CT molecular complexity index is 1010. The molecule has 3 rings (SSSR count). The van der Waals surface area contributed by atoms with Gasteiger partial charge in [0, 0.05) is 21.9 Å². The lowest BCUT2D eigenvalue weighted by molar-refractivity contribution is -0.118. The summed E-state index contributed by atoms with van der Waals surface area (Å²) in [4.78, 5) is 24.3. The van der Waals surface area contributed by atoms with Crippen molar-refractivity contribution in [2.45, 2.75) is 13.0 Å². The van der Waals surface area contributed by atoms with E-state index in [1.807, 2.05) is 49.4 Å². The zero-order valence-corrected chi connectivity index (χ0v) is 18.0. The lowest BCUT2D eigenvalue weighted by Crippen LogP contribution is -2.31. The smallest absolute Gasteiger partial charge is 0.319 e. The molecule has 0 saturated carbocycles. The van der Waals surface area contributed by atoms with Crippen molar-refractivity contribution >= 4 is 39.2 Å². The molecule has 154 valence electrons. The van der Waals surface area contributed by atoms with Crippen LogP contribution >= 0.6 is 15.9 Å². The maximum atomic E-state index is 12.3. The number of benzene rings is 3. The molecule has 6 nitrogen and oxygen atoms in total. The second kappa shape index (κ2) is 10.5. The van der Waals surface area contributed by atoms with E-state index in [2.05, 4.69) is 31.9 Å². The Morgan fingerprint density at radius 3 is 2.40 bits per heavy atom. The van der Waals surface area contributed by atoms with Gasteiger partial charge in [0.1, 0.15) is 5.75 Å². The molecular formula is C23H22BrN3O3. The third kappa shape index (κ3) is 6.63. The number of anilines is 2. The number of urea groups is 1. The molecule has 0 fully saturated rings. The molecule has 3 aromatic carbocycles. The Morgan fingerprint density at radius 1 is 0.900 bits per heavy atom. The van der Waals surface area contributed by atoms with Crippen LogP contribution < -0.4 is 20.7 Å². The minimum atomic E-state index is -0.332. The fourth-order valence-corrected chi connectivity index (χ4v) is 3.17. The summed E-state index contributed by atoms with van der Waals surface area (Å²) in [6.45, 7) is 1.77. The van der Waals surface area contributed by atoms with Crippen LogP contribution in [-0.2, 0) is 4.79 Å². The van der Waals surface area contributed by atoms with Crippen molar-refractivity contribution in [1.29, 1.82) is 0 Å². The third-order valence-corrected chi connectivity index (χ3v) is 4.71. The minimum Gasteiger partial charge on any atom is -0.484 e. The van der Waals surface area contributed by atoms with Gasteiger partial charge in [-0.1, -0.05) is 52.3 Å². The maximum absolute atomic E-state index is 12.3. The van der Waals surface area contributed by atoms with E-state index in [1.165, 1.54) is 0 Å². The highest BCUT2D eigenvalue weighted by Crippen LogP contribution is 2.20. The van der Waals surface area contributed by atoms with Gasteiger partial charge in [0.25, 0.3) is 5.91 Å². The Kier molecular flexibility index (Phi) is 7.45. The van der Waals surface area contributed by atoms with Gasteiger partial charge in [-0.15, -0.1) is 0 Å². The van der Waals surface area contributed by atoms with Gasteiger partial charge >= 0.3 is 6.03 Å². The molecule has 0 aliphatic rings. The van der Waals surface area contributed by atoms with Crippen molar-refractivity contribution < 1.29 is 14.3 Å². The Labute approximate surface area is 183 Å². The van der Waals surface area contributed by atoms with E-state index in [1.54, 1.807) is 36.4 Å². The van der Waals surface area contributed by atoms with E-state index in [0.717, 1.165) is 10.0 Å². The number of rotatable bonds is 7. The number of amides is 3. The summed E-state index contributed by atoms with van der Waals surface area (Å²) in [7, 11) is 0. The van der Waals surface area contributed by atoms with E-state index >= 15 is 0 Å². The number of para-hydroxylation sites is 1. The SMILES string of the molecule is CC(NC(=O)Nc1cccc(OCC(=O)Nc2ccccc2)c1)c1cccc(Br)c1. The van der Waals surface area contributed by atoms with Crippen molar-refractivity contribution in [2.75, 3.05) is 17.2 Å². The first-order chi connectivity index (χ1) is 14.5. The number of hydrogen-bond donors (Lipinski definition) is 3. The maximum Gasteiger partial charge on any atom is 0.319 e. The molecule has 30 heavy (non-hydrogen) atoms. The molecule has 3 N–H and O–H groups in total. The average molecular weight is 468 g/mol. The van der Waals surface area contributed by atoms with E-state index in [4.69, 9.17) is 4.74 Å². The number of hydrogen-bond acceptors (Lipinski definition) is 3. The van der Waals surface area contributed by atoms with Crippen molar-refractivity contribution in [3.63, 3.8) is 0 Å². The fourth-order valence-electron chi connectivity index (χ4n) is 2.75. The molecule has 3 aromatic rings. The number of ether oxygens (including phenoxy) is 1. The Morgan fingerprint density at radius 2 is 1.63 bits per heavy atom. The number of nitrogens with one attached hydrogen (secondary N) is 3. The summed E-state index contributed by atoms with van der Waals surface area (Å²) in [5, 5.41) is 8.43. The first kappa shape index (κ1) is 21.4. The van der Waals surface area contributed by atoms with Crippen molar-refractivity contribution in [2.24, 2.45) is 0 Å². The molecular weight excluding hydrogens is 446 g/mol. The molecule has 0 spiro atoms. The van der Waals surface area contributed by atoms with Crippen LogP contribution in [0.2, 0.25) is 0 Å². The second-order valence-electron chi connectivity index (χ2n) is 6.61. The van der Waals surface area contributed by atoms with Gasteiger partial charge in [0.05, 0.1) is 6.04 Å².